The van der Waals surface area contributed by atoms with E-state index in [0.29, 0.717) is 13.0 Å². The molecule has 1 saturated heterocycles. The van der Waals surface area contributed by atoms with Gasteiger partial charge in [0.1, 0.15) is 11.7 Å². The molecule has 1 fully saturated rings. The molecule has 2 atom stereocenters. The number of amides is 2. The van der Waals surface area contributed by atoms with E-state index in [1.54, 1.807) is 22.8 Å². The first-order valence-corrected chi connectivity index (χ1v) is 7.13. The van der Waals surface area contributed by atoms with Gasteiger partial charge in [0.25, 0.3) is 0 Å². The maximum absolute atomic E-state index is 12.8. The molecule has 1 N–H and O–H groups in total. The summed E-state index contributed by atoms with van der Waals surface area (Å²) in [6.45, 7) is 8.11. The molecular formula is C14H23N5O2. The summed E-state index contributed by atoms with van der Waals surface area (Å²) < 4.78 is 1.60. The van der Waals surface area contributed by atoms with Gasteiger partial charge < -0.3 is 10.2 Å². The number of aryl methyl sites for hydroxylation is 1. The molecule has 0 spiro atoms. The molecule has 1 aliphatic heterocycles. The van der Waals surface area contributed by atoms with Crippen molar-refractivity contribution in [2.75, 3.05) is 0 Å². The summed E-state index contributed by atoms with van der Waals surface area (Å²) in [6.07, 6.45) is 2.09. The van der Waals surface area contributed by atoms with Gasteiger partial charge in [0.15, 0.2) is 0 Å². The number of nitrogens with zero attached hydrogens (tertiary/aromatic N) is 4. The Morgan fingerprint density at radius 2 is 2.05 bits per heavy atom. The van der Waals surface area contributed by atoms with Gasteiger partial charge in [-0.05, 0) is 12.3 Å². The first-order chi connectivity index (χ1) is 9.68. The summed E-state index contributed by atoms with van der Waals surface area (Å²) in [5, 5.41) is 10.8. The van der Waals surface area contributed by atoms with Gasteiger partial charge in [-0.1, -0.05) is 26.0 Å². The van der Waals surface area contributed by atoms with Crippen LogP contribution in [0.15, 0.2) is 6.20 Å². The number of rotatable bonds is 2. The largest absolute Gasteiger partial charge is 0.344 e. The minimum absolute atomic E-state index is 0.0634. The molecule has 116 valence electrons. The fraction of sp³-hybridized carbons (Fsp3) is 0.714. The van der Waals surface area contributed by atoms with E-state index < -0.39 is 6.04 Å². The van der Waals surface area contributed by atoms with Crippen LogP contribution in [0.5, 0.6) is 0 Å². The fourth-order valence-electron chi connectivity index (χ4n) is 2.51. The zero-order valence-electron chi connectivity index (χ0n) is 13.3. The molecule has 2 heterocycles. The van der Waals surface area contributed by atoms with Crippen molar-refractivity contribution in [1.29, 1.82) is 0 Å². The highest BCUT2D eigenvalue weighted by Crippen LogP contribution is 2.25. The van der Waals surface area contributed by atoms with E-state index in [2.05, 4.69) is 15.6 Å². The van der Waals surface area contributed by atoms with Crippen LogP contribution in [0.4, 0.5) is 0 Å². The normalized spacial score (nSPS) is 24.0. The standard InChI is InChI=1S/C14H23N5O2/c1-9-6-11(20)15-12(14(2,3)4)13(21)19(9)8-10-7-18(5)17-16-10/h7,9,12H,6,8H2,1-5H3,(H,15,20). The van der Waals surface area contributed by atoms with Crippen molar-refractivity contribution in [2.24, 2.45) is 12.5 Å². The molecule has 21 heavy (non-hydrogen) atoms. The second-order valence-corrected chi connectivity index (χ2v) is 6.77. The van der Waals surface area contributed by atoms with Crippen molar-refractivity contribution in [3.05, 3.63) is 11.9 Å². The summed E-state index contributed by atoms with van der Waals surface area (Å²) in [4.78, 5) is 26.5. The van der Waals surface area contributed by atoms with Gasteiger partial charge in [-0.3, -0.25) is 14.3 Å². The molecule has 2 unspecified atom stereocenters. The van der Waals surface area contributed by atoms with Gasteiger partial charge in [-0.2, -0.15) is 0 Å². The van der Waals surface area contributed by atoms with Gasteiger partial charge in [0.2, 0.25) is 11.8 Å². The number of hydrogen-bond acceptors (Lipinski definition) is 4. The monoisotopic (exact) mass is 293 g/mol. The molecule has 1 aromatic heterocycles. The summed E-state index contributed by atoms with van der Waals surface area (Å²) in [6, 6.07) is -0.682. The summed E-state index contributed by atoms with van der Waals surface area (Å²) in [5.74, 6) is -0.149. The summed E-state index contributed by atoms with van der Waals surface area (Å²) in [5.41, 5.74) is 0.386. The van der Waals surface area contributed by atoms with Crippen LogP contribution in [-0.2, 0) is 23.2 Å². The number of carbonyl (C=O) groups is 2. The predicted molar refractivity (Wildman–Crippen MR) is 77.0 cm³/mol. The molecule has 2 rings (SSSR count). The number of hydrogen-bond donors (Lipinski definition) is 1. The zero-order chi connectivity index (χ0) is 15.8. The lowest BCUT2D eigenvalue weighted by atomic mass is 9.86. The quantitative estimate of drug-likeness (QED) is 0.859. The van der Waals surface area contributed by atoms with Crippen LogP contribution in [0.1, 0.15) is 39.8 Å². The van der Waals surface area contributed by atoms with Crippen molar-refractivity contribution in [3.8, 4) is 0 Å². The van der Waals surface area contributed by atoms with Crippen LogP contribution in [0.2, 0.25) is 0 Å². The van der Waals surface area contributed by atoms with Crippen molar-refractivity contribution >= 4 is 11.8 Å². The van der Waals surface area contributed by atoms with Crippen molar-refractivity contribution in [2.45, 2.75) is 52.7 Å². The Kier molecular flexibility index (Phi) is 4.02. The fourth-order valence-corrected chi connectivity index (χ4v) is 2.51. The highest BCUT2D eigenvalue weighted by Gasteiger charge is 2.40. The van der Waals surface area contributed by atoms with Crippen LogP contribution < -0.4 is 5.32 Å². The Morgan fingerprint density at radius 1 is 1.38 bits per heavy atom. The molecule has 7 heteroatoms. The average molecular weight is 293 g/mol. The third-order valence-corrected chi connectivity index (χ3v) is 3.70. The molecule has 0 bridgehead atoms. The lowest BCUT2D eigenvalue weighted by Crippen LogP contribution is -2.52. The van der Waals surface area contributed by atoms with Crippen LogP contribution in [0, 0.1) is 5.41 Å². The van der Waals surface area contributed by atoms with Gasteiger partial charge in [-0.15, -0.1) is 5.10 Å². The topological polar surface area (TPSA) is 80.1 Å². The maximum Gasteiger partial charge on any atom is 0.246 e. The third-order valence-electron chi connectivity index (χ3n) is 3.70. The predicted octanol–water partition coefficient (Wildman–Crippen LogP) is 0.467. The van der Waals surface area contributed by atoms with Crippen molar-refractivity contribution < 1.29 is 9.59 Å². The van der Waals surface area contributed by atoms with Gasteiger partial charge in [0, 0.05) is 25.7 Å². The lowest BCUT2D eigenvalue weighted by Gasteiger charge is -2.33. The minimum Gasteiger partial charge on any atom is -0.344 e. The summed E-state index contributed by atoms with van der Waals surface area (Å²) in [7, 11) is 1.78. The van der Waals surface area contributed by atoms with Crippen LogP contribution in [-0.4, -0.2) is 43.8 Å². The smallest absolute Gasteiger partial charge is 0.246 e. The highest BCUT2D eigenvalue weighted by molar-refractivity contribution is 5.91. The van der Waals surface area contributed by atoms with Gasteiger partial charge in [-0.25, -0.2) is 0 Å². The van der Waals surface area contributed by atoms with Gasteiger partial charge in [0.05, 0.1) is 6.54 Å². The second-order valence-electron chi connectivity index (χ2n) is 6.77. The van der Waals surface area contributed by atoms with Crippen LogP contribution >= 0.6 is 0 Å². The molecule has 7 nitrogen and oxygen atoms in total. The Labute approximate surface area is 124 Å². The number of carbonyl (C=O) groups excluding carboxylic acids is 2. The van der Waals surface area contributed by atoms with Crippen LogP contribution in [0.3, 0.4) is 0 Å². The average Bonchev–Trinajstić information content (AvgIpc) is 2.71. The third kappa shape index (κ3) is 3.40. The summed E-state index contributed by atoms with van der Waals surface area (Å²) >= 11 is 0. The van der Waals surface area contributed by atoms with Gasteiger partial charge >= 0.3 is 0 Å². The van der Waals surface area contributed by atoms with E-state index in [-0.39, 0.29) is 23.3 Å². The zero-order valence-corrected chi connectivity index (χ0v) is 13.3. The first kappa shape index (κ1) is 15.5. The van der Waals surface area contributed by atoms with E-state index in [0.717, 1.165) is 5.69 Å². The number of nitrogens with one attached hydrogen (secondary N) is 1. The SMILES string of the molecule is CC1CC(=O)NC(C(C)(C)C)C(=O)N1Cc1cn(C)nn1. The van der Waals surface area contributed by atoms with E-state index in [1.165, 1.54) is 0 Å². The van der Waals surface area contributed by atoms with Crippen molar-refractivity contribution in [3.63, 3.8) is 0 Å². The molecule has 0 aromatic carbocycles. The van der Waals surface area contributed by atoms with E-state index >= 15 is 0 Å². The second kappa shape index (κ2) is 5.46. The molecule has 1 aromatic rings. The van der Waals surface area contributed by atoms with E-state index in [9.17, 15) is 9.59 Å². The first-order valence-electron chi connectivity index (χ1n) is 7.13. The van der Waals surface area contributed by atoms with E-state index in [1.807, 2.05) is 27.7 Å². The highest BCUT2D eigenvalue weighted by atomic mass is 16.2. The Balaban J connectivity index is 2.28. The molecule has 0 saturated carbocycles. The molecular weight excluding hydrogens is 270 g/mol. The Bertz CT molecular complexity index is 546. The molecule has 0 aliphatic carbocycles. The molecule has 2 amide bonds. The van der Waals surface area contributed by atoms with Crippen LogP contribution in [0.25, 0.3) is 0 Å². The lowest BCUT2D eigenvalue weighted by molar-refractivity contribution is -0.138. The molecule has 0 radical (unpaired) electrons. The Hall–Kier alpha value is -1.92. The maximum atomic E-state index is 12.8. The minimum atomic E-state index is -0.522. The van der Waals surface area contributed by atoms with E-state index in [4.69, 9.17) is 0 Å². The number of aromatic nitrogens is 3. The Morgan fingerprint density at radius 3 is 2.57 bits per heavy atom. The molecule has 1 aliphatic rings. The van der Waals surface area contributed by atoms with Crippen molar-refractivity contribution in [1.82, 2.24) is 25.2 Å².